The van der Waals surface area contributed by atoms with Crippen molar-refractivity contribution in [3.05, 3.63) is 0 Å². The van der Waals surface area contributed by atoms with E-state index in [1.165, 1.54) is 4.90 Å². The van der Waals surface area contributed by atoms with E-state index in [4.69, 9.17) is 0 Å². The molecule has 0 aromatic rings. The van der Waals surface area contributed by atoms with Crippen LogP contribution in [0.25, 0.3) is 0 Å². The summed E-state index contributed by atoms with van der Waals surface area (Å²) < 4.78 is 0. The molecule has 0 radical (unpaired) electrons. The number of carboxylic acid groups (broad SMARTS) is 1. The van der Waals surface area contributed by atoms with Crippen LogP contribution in [0.1, 0.15) is 64.2 Å². The molecule has 3 rings (SSSR count). The third-order valence-corrected chi connectivity index (χ3v) is 5.99. The number of carboxylic acids is 1. The van der Waals surface area contributed by atoms with Gasteiger partial charge in [-0.05, 0) is 25.7 Å². The third-order valence-electron chi connectivity index (χ3n) is 5.99. The molecule has 7 nitrogen and oxygen atoms in total. The number of amides is 3. The summed E-state index contributed by atoms with van der Waals surface area (Å²) >= 11 is 0. The van der Waals surface area contributed by atoms with Gasteiger partial charge < -0.3 is 10.4 Å². The van der Waals surface area contributed by atoms with Crippen LogP contribution in [0.5, 0.6) is 0 Å². The van der Waals surface area contributed by atoms with Crippen LogP contribution < -0.4 is 5.32 Å². The monoisotopic (exact) mass is 350 g/mol. The lowest BCUT2D eigenvalue weighted by Gasteiger charge is -2.34. The molecule has 0 aromatic carbocycles. The van der Waals surface area contributed by atoms with E-state index >= 15 is 0 Å². The molecule has 3 fully saturated rings. The SMILES string of the molecule is O=C(CCN1C(=O)[C@H]2CCCC[C@@H]2C1=O)NC1(C(=O)O)CCCCC1. The number of rotatable bonds is 5. The smallest absolute Gasteiger partial charge is 0.329 e. The molecule has 1 saturated heterocycles. The summed E-state index contributed by atoms with van der Waals surface area (Å²) in [5.74, 6) is -2.15. The molecule has 0 unspecified atom stereocenters. The zero-order valence-corrected chi connectivity index (χ0v) is 14.5. The first-order valence-corrected chi connectivity index (χ1v) is 9.34. The standard InChI is InChI=1S/C18H26N2O5/c21-14(19-18(17(24)25)9-4-1-5-10-18)8-11-20-15(22)12-6-2-3-7-13(12)16(20)23/h12-13H,1-11H2,(H,19,21)(H,24,25)/t12-,13-/m0/s1. The van der Waals surface area contributed by atoms with Gasteiger partial charge in [-0.3, -0.25) is 19.3 Å². The number of hydrogen-bond donors (Lipinski definition) is 2. The van der Waals surface area contributed by atoms with Gasteiger partial charge in [0.2, 0.25) is 17.7 Å². The van der Waals surface area contributed by atoms with Crippen LogP contribution in [0.4, 0.5) is 0 Å². The van der Waals surface area contributed by atoms with E-state index < -0.39 is 17.4 Å². The molecule has 0 spiro atoms. The lowest BCUT2D eigenvalue weighted by atomic mass is 9.81. The van der Waals surface area contributed by atoms with Gasteiger partial charge in [-0.2, -0.15) is 0 Å². The largest absolute Gasteiger partial charge is 0.480 e. The second-order valence-corrected chi connectivity index (χ2v) is 7.57. The Morgan fingerprint density at radius 3 is 2.08 bits per heavy atom. The van der Waals surface area contributed by atoms with Gasteiger partial charge >= 0.3 is 5.97 Å². The zero-order chi connectivity index (χ0) is 18.0. The molecule has 0 bridgehead atoms. The van der Waals surface area contributed by atoms with Gasteiger partial charge in [0.05, 0.1) is 11.8 Å². The van der Waals surface area contributed by atoms with Gasteiger partial charge in [0.25, 0.3) is 0 Å². The number of carbonyl (C=O) groups is 4. The molecular weight excluding hydrogens is 324 g/mol. The van der Waals surface area contributed by atoms with Crippen LogP contribution in [-0.2, 0) is 19.2 Å². The Bertz CT molecular complexity index is 558. The summed E-state index contributed by atoms with van der Waals surface area (Å²) in [5, 5.41) is 12.2. The van der Waals surface area contributed by atoms with Gasteiger partial charge in [-0.15, -0.1) is 0 Å². The Hall–Kier alpha value is -1.92. The predicted molar refractivity (Wildman–Crippen MR) is 88.4 cm³/mol. The normalized spacial score (nSPS) is 28.6. The molecule has 1 aliphatic heterocycles. The maximum atomic E-state index is 12.4. The number of likely N-dealkylation sites (tertiary alicyclic amines) is 1. The molecule has 2 aliphatic carbocycles. The highest BCUT2D eigenvalue weighted by molar-refractivity contribution is 6.05. The van der Waals surface area contributed by atoms with Crippen molar-refractivity contribution in [2.24, 2.45) is 11.8 Å². The molecule has 0 aromatic heterocycles. The summed E-state index contributed by atoms with van der Waals surface area (Å²) in [6.45, 7) is 0.0478. The van der Waals surface area contributed by atoms with E-state index in [2.05, 4.69) is 5.32 Å². The van der Waals surface area contributed by atoms with Crippen molar-refractivity contribution in [3.63, 3.8) is 0 Å². The number of hydrogen-bond acceptors (Lipinski definition) is 4. The van der Waals surface area contributed by atoms with E-state index in [0.29, 0.717) is 12.8 Å². The van der Waals surface area contributed by atoms with E-state index in [1.807, 2.05) is 0 Å². The quantitative estimate of drug-likeness (QED) is 0.731. The van der Waals surface area contributed by atoms with Crippen molar-refractivity contribution in [2.45, 2.75) is 69.7 Å². The minimum Gasteiger partial charge on any atom is -0.480 e. The number of nitrogens with one attached hydrogen (secondary N) is 1. The number of nitrogens with zero attached hydrogens (tertiary/aromatic N) is 1. The lowest BCUT2D eigenvalue weighted by Crippen LogP contribution is -2.56. The van der Waals surface area contributed by atoms with Crippen LogP contribution in [0.15, 0.2) is 0 Å². The van der Waals surface area contributed by atoms with Crippen molar-refractivity contribution in [3.8, 4) is 0 Å². The van der Waals surface area contributed by atoms with E-state index in [-0.39, 0.29) is 36.6 Å². The van der Waals surface area contributed by atoms with Gasteiger partial charge in [-0.25, -0.2) is 4.79 Å². The average Bonchev–Trinajstić information content (AvgIpc) is 2.85. The molecule has 7 heteroatoms. The summed E-state index contributed by atoms with van der Waals surface area (Å²) in [5.41, 5.74) is -1.19. The number of imide groups is 1. The first-order valence-electron chi connectivity index (χ1n) is 9.34. The maximum Gasteiger partial charge on any atom is 0.329 e. The molecule has 3 aliphatic rings. The van der Waals surface area contributed by atoms with Crippen molar-refractivity contribution in [1.82, 2.24) is 10.2 Å². The second-order valence-electron chi connectivity index (χ2n) is 7.57. The number of aliphatic carboxylic acids is 1. The van der Waals surface area contributed by atoms with Crippen molar-refractivity contribution in [2.75, 3.05) is 6.54 Å². The summed E-state index contributed by atoms with van der Waals surface area (Å²) in [6, 6.07) is 0. The molecule has 2 N–H and O–H groups in total. The predicted octanol–water partition coefficient (Wildman–Crippen LogP) is 1.46. The van der Waals surface area contributed by atoms with E-state index in [0.717, 1.165) is 44.9 Å². The first kappa shape index (κ1) is 17.9. The Morgan fingerprint density at radius 2 is 1.56 bits per heavy atom. The van der Waals surface area contributed by atoms with E-state index in [9.17, 15) is 24.3 Å². The minimum absolute atomic E-state index is 0.0358. The van der Waals surface area contributed by atoms with Gasteiger partial charge in [-0.1, -0.05) is 32.1 Å². The lowest BCUT2D eigenvalue weighted by molar-refractivity contribution is -0.149. The zero-order valence-electron chi connectivity index (χ0n) is 14.5. The van der Waals surface area contributed by atoms with Crippen molar-refractivity contribution >= 4 is 23.7 Å². The fourth-order valence-corrected chi connectivity index (χ4v) is 4.54. The molecule has 25 heavy (non-hydrogen) atoms. The minimum atomic E-state index is -1.19. The Labute approximate surface area is 147 Å². The molecule has 138 valence electrons. The highest BCUT2D eigenvalue weighted by Crippen LogP contribution is 2.38. The molecule has 3 amide bonds. The summed E-state index contributed by atoms with van der Waals surface area (Å²) in [7, 11) is 0. The number of carbonyl (C=O) groups excluding carboxylic acids is 3. The van der Waals surface area contributed by atoms with Crippen LogP contribution in [0, 0.1) is 11.8 Å². The fourth-order valence-electron chi connectivity index (χ4n) is 4.54. The maximum absolute atomic E-state index is 12.4. The molecular formula is C18H26N2O5. The average molecular weight is 350 g/mol. The van der Waals surface area contributed by atoms with Crippen LogP contribution >= 0.6 is 0 Å². The van der Waals surface area contributed by atoms with Crippen molar-refractivity contribution < 1.29 is 24.3 Å². The second kappa shape index (κ2) is 7.14. The number of fused-ring (bicyclic) bond motifs is 1. The van der Waals surface area contributed by atoms with Gasteiger partial charge in [0.15, 0.2) is 0 Å². The van der Waals surface area contributed by atoms with Gasteiger partial charge in [0.1, 0.15) is 5.54 Å². The Morgan fingerprint density at radius 1 is 1.00 bits per heavy atom. The fraction of sp³-hybridized carbons (Fsp3) is 0.778. The van der Waals surface area contributed by atoms with Crippen LogP contribution in [-0.4, -0.2) is 45.8 Å². The van der Waals surface area contributed by atoms with Crippen LogP contribution in [0.2, 0.25) is 0 Å². The Kier molecular flexibility index (Phi) is 5.11. The highest BCUT2D eigenvalue weighted by Gasteiger charge is 2.48. The van der Waals surface area contributed by atoms with Crippen molar-refractivity contribution in [1.29, 1.82) is 0 Å². The van der Waals surface area contributed by atoms with E-state index in [1.54, 1.807) is 0 Å². The first-order chi connectivity index (χ1) is 11.9. The molecule has 2 atom stereocenters. The highest BCUT2D eigenvalue weighted by atomic mass is 16.4. The topological polar surface area (TPSA) is 104 Å². The third kappa shape index (κ3) is 3.41. The summed E-state index contributed by atoms with van der Waals surface area (Å²) in [4.78, 5) is 49.9. The Balaban J connectivity index is 1.57. The van der Waals surface area contributed by atoms with Gasteiger partial charge in [0, 0.05) is 13.0 Å². The molecule has 2 saturated carbocycles. The molecule has 1 heterocycles. The summed E-state index contributed by atoms with van der Waals surface area (Å²) in [6.07, 6.45) is 6.79. The van der Waals surface area contributed by atoms with Crippen LogP contribution in [0.3, 0.4) is 0 Å².